The minimum Gasteiger partial charge on any atom is -0.380 e. The van der Waals surface area contributed by atoms with Crippen LogP contribution < -0.4 is 5.32 Å². The number of nitrogens with zero attached hydrogens (tertiary/aromatic N) is 2. The maximum Gasteiger partial charge on any atom is 0.246 e. The molecule has 1 aliphatic heterocycles. The quantitative estimate of drug-likeness (QED) is 0.820. The van der Waals surface area contributed by atoms with Crippen LogP contribution in [0.3, 0.4) is 0 Å². The molecule has 2 fully saturated rings. The van der Waals surface area contributed by atoms with E-state index >= 15 is 0 Å². The normalized spacial score (nSPS) is 31.0. The first kappa shape index (κ1) is 17.1. The molecule has 26 heavy (non-hydrogen) atoms. The number of aromatic amines is 1. The monoisotopic (exact) mass is 356 g/mol. The van der Waals surface area contributed by atoms with E-state index in [9.17, 15) is 9.18 Å². The molecule has 0 bridgehead atoms. The zero-order chi connectivity index (χ0) is 18.5. The third kappa shape index (κ3) is 2.87. The van der Waals surface area contributed by atoms with Gasteiger partial charge in [0.15, 0.2) is 0 Å². The number of alkyl halides is 1. The molecule has 2 aromatic rings. The number of carbonyl (C=O) groups excluding carboxylic acids is 1. The molecule has 138 valence electrons. The highest BCUT2D eigenvalue weighted by molar-refractivity contribution is 5.93. The number of halogens is 1. The molecular weight excluding hydrogens is 331 g/mol. The Morgan fingerprint density at radius 2 is 2.31 bits per heavy atom. The number of anilines is 1. The molecule has 1 aliphatic carbocycles. The van der Waals surface area contributed by atoms with Gasteiger partial charge in [-0.1, -0.05) is 6.58 Å². The Hall–Kier alpha value is -2.37. The maximum atomic E-state index is 14.3. The predicted octanol–water partition coefficient (Wildman–Crippen LogP) is 3.76. The second kappa shape index (κ2) is 6.11. The van der Waals surface area contributed by atoms with Crippen LogP contribution in [0.5, 0.6) is 0 Å². The number of amides is 1. The largest absolute Gasteiger partial charge is 0.380 e. The van der Waals surface area contributed by atoms with Crippen LogP contribution in [-0.2, 0) is 4.79 Å². The highest BCUT2D eigenvalue weighted by atomic mass is 19.1. The van der Waals surface area contributed by atoms with Crippen molar-refractivity contribution in [2.24, 2.45) is 0 Å². The summed E-state index contributed by atoms with van der Waals surface area (Å²) < 4.78 is 14.3. The van der Waals surface area contributed by atoms with E-state index in [0.29, 0.717) is 13.0 Å². The number of H-pyrrole nitrogens is 1. The van der Waals surface area contributed by atoms with E-state index in [-0.39, 0.29) is 23.9 Å². The van der Waals surface area contributed by atoms with Crippen LogP contribution in [0.25, 0.3) is 11.0 Å². The summed E-state index contributed by atoms with van der Waals surface area (Å²) >= 11 is 0. The number of likely N-dealkylation sites (tertiary alicyclic amines) is 1. The summed E-state index contributed by atoms with van der Waals surface area (Å²) in [5.41, 5.74) is 1.59. The van der Waals surface area contributed by atoms with Gasteiger partial charge in [0.2, 0.25) is 5.91 Å². The Morgan fingerprint density at radius 3 is 3.00 bits per heavy atom. The van der Waals surface area contributed by atoms with Gasteiger partial charge < -0.3 is 15.2 Å². The third-order valence-corrected chi connectivity index (χ3v) is 5.85. The molecule has 2 aromatic heterocycles. The lowest BCUT2D eigenvalue weighted by molar-refractivity contribution is -0.129. The van der Waals surface area contributed by atoms with Crippen LogP contribution in [0, 0.1) is 0 Å². The van der Waals surface area contributed by atoms with Crippen molar-refractivity contribution in [3.63, 3.8) is 0 Å². The van der Waals surface area contributed by atoms with Crippen LogP contribution >= 0.6 is 0 Å². The Balaban J connectivity index is 1.60. The summed E-state index contributed by atoms with van der Waals surface area (Å²) in [6, 6.07) is 2.31. The Kier molecular flexibility index (Phi) is 4.01. The molecule has 4 atom stereocenters. The van der Waals surface area contributed by atoms with E-state index in [1.807, 2.05) is 17.2 Å². The topological polar surface area (TPSA) is 61.0 Å². The summed E-state index contributed by atoms with van der Waals surface area (Å²) in [7, 11) is 0. The first-order valence-electron chi connectivity index (χ1n) is 9.25. The van der Waals surface area contributed by atoms with Gasteiger partial charge in [-0.3, -0.25) is 4.79 Å². The van der Waals surface area contributed by atoms with Crippen LogP contribution in [0.4, 0.5) is 10.1 Å². The predicted molar refractivity (Wildman–Crippen MR) is 101 cm³/mol. The Bertz CT molecular complexity index is 859. The second-order valence-electron chi connectivity index (χ2n) is 7.82. The van der Waals surface area contributed by atoms with Gasteiger partial charge in [0.1, 0.15) is 11.3 Å². The molecule has 2 N–H and O–H groups in total. The molecule has 1 saturated heterocycles. The zero-order valence-electron chi connectivity index (χ0n) is 15.3. The highest BCUT2D eigenvalue weighted by Crippen LogP contribution is 2.56. The lowest BCUT2D eigenvalue weighted by Gasteiger charge is -2.38. The molecule has 6 heteroatoms. The average Bonchev–Trinajstić information content (AvgIpc) is 3.05. The molecule has 3 heterocycles. The summed E-state index contributed by atoms with van der Waals surface area (Å²) in [6.45, 7) is 7.97. The molecule has 0 radical (unpaired) electrons. The second-order valence-corrected chi connectivity index (χ2v) is 7.82. The van der Waals surface area contributed by atoms with Gasteiger partial charge in [-0.25, -0.2) is 9.37 Å². The minimum atomic E-state index is -1.13. The fourth-order valence-electron chi connectivity index (χ4n) is 4.12. The van der Waals surface area contributed by atoms with Gasteiger partial charge in [-0.15, -0.1) is 0 Å². The van der Waals surface area contributed by atoms with Gasteiger partial charge in [0.25, 0.3) is 0 Å². The van der Waals surface area contributed by atoms with Crippen LogP contribution in [-0.4, -0.2) is 45.1 Å². The number of carbonyl (C=O) groups is 1. The lowest BCUT2D eigenvalue weighted by Crippen LogP contribution is -2.49. The number of hydrogen-bond acceptors (Lipinski definition) is 3. The SMILES string of the molecule is C=CC(=O)N1C[C@H](Nc2ccnc3[nH]cc(C4CC4(C)F)c23)CC[C@@H]1C. The number of pyridine rings is 1. The number of fused-ring (bicyclic) bond motifs is 1. The summed E-state index contributed by atoms with van der Waals surface area (Å²) in [5, 5.41) is 4.55. The van der Waals surface area contributed by atoms with E-state index in [1.54, 1.807) is 13.1 Å². The molecule has 1 amide bonds. The van der Waals surface area contributed by atoms with Crippen LogP contribution in [0.2, 0.25) is 0 Å². The fourth-order valence-corrected chi connectivity index (χ4v) is 4.12. The van der Waals surface area contributed by atoms with E-state index < -0.39 is 5.67 Å². The van der Waals surface area contributed by atoms with E-state index in [4.69, 9.17) is 0 Å². The molecule has 0 spiro atoms. The Labute approximate surface area is 152 Å². The number of piperidine rings is 1. The number of rotatable bonds is 4. The van der Waals surface area contributed by atoms with Crippen molar-refractivity contribution in [2.75, 3.05) is 11.9 Å². The van der Waals surface area contributed by atoms with Crippen molar-refractivity contribution >= 4 is 22.6 Å². The molecule has 2 unspecified atom stereocenters. The van der Waals surface area contributed by atoms with Gasteiger partial charge >= 0.3 is 0 Å². The average molecular weight is 356 g/mol. The van der Waals surface area contributed by atoms with E-state index in [0.717, 1.165) is 35.1 Å². The van der Waals surface area contributed by atoms with Gasteiger partial charge in [-0.2, -0.15) is 0 Å². The maximum absolute atomic E-state index is 14.3. The van der Waals surface area contributed by atoms with Crippen molar-refractivity contribution in [3.05, 3.63) is 36.7 Å². The molecule has 4 rings (SSSR count). The Morgan fingerprint density at radius 1 is 1.54 bits per heavy atom. The van der Waals surface area contributed by atoms with Crippen molar-refractivity contribution in [1.82, 2.24) is 14.9 Å². The summed E-state index contributed by atoms with van der Waals surface area (Å²) in [4.78, 5) is 21.5. The van der Waals surface area contributed by atoms with Crippen molar-refractivity contribution in [1.29, 1.82) is 0 Å². The summed E-state index contributed by atoms with van der Waals surface area (Å²) in [6.07, 6.45) is 7.49. The molecule has 5 nitrogen and oxygen atoms in total. The van der Waals surface area contributed by atoms with Crippen molar-refractivity contribution in [3.8, 4) is 0 Å². The fraction of sp³-hybridized carbons (Fsp3) is 0.500. The van der Waals surface area contributed by atoms with Crippen molar-refractivity contribution in [2.45, 2.75) is 56.8 Å². The van der Waals surface area contributed by atoms with Gasteiger partial charge in [0, 0.05) is 48.0 Å². The molecule has 2 aliphatic rings. The molecule has 0 aromatic carbocycles. The highest BCUT2D eigenvalue weighted by Gasteiger charge is 2.53. The number of hydrogen-bond donors (Lipinski definition) is 2. The van der Waals surface area contributed by atoms with Gasteiger partial charge in [-0.05, 0) is 50.8 Å². The molecule has 1 saturated carbocycles. The van der Waals surface area contributed by atoms with E-state index in [2.05, 4.69) is 28.8 Å². The number of nitrogens with one attached hydrogen (secondary N) is 2. The van der Waals surface area contributed by atoms with Crippen LogP contribution in [0.1, 0.15) is 44.6 Å². The van der Waals surface area contributed by atoms with Gasteiger partial charge in [0.05, 0.1) is 0 Å². The smallest absolute Gasteiger partial charge is 0.246 e. The number of aromatic nitrogens is 2. The first-order chi connectivity index (χ1) is 12.4. The zero-order valence-corrected chi connectivity index (χ0v) is 15.3. The van der Waals surface area contributed by atoms with Crippen molar-refractivity contribution < 1.29 is 9.18 Å². The third-order valence-electron chi connectivity index (χ3n) is 5.85. The van der Waals surface area contributed by atoms with E-state index in [1.165, 1.54) is 6.08 Å². The summed E-state index contributed by atoms with van der Waals surface area (Å²) in [5.74, 6) is -0.108. The first-order valence-corrected chi connectivity index (χ1v) is 9.25. The standard InChI is InChI=1S/C20H25FN4O/c1-4-17(26)25-11-13(6-5-12(25)2)24-16-7-8-22-19-18(16)14(10-23-19)15-9-20(15,3)21/h4,7-8,10,12-13,15H,1,5-6,9,11H2,2-3H3,(H2,22,23,24)/t12-,13+,15?,20?/m0/s1. The van der Waals surface area contributed by atoms with Crippen LogP contribution in [0.15, 0.2) is 31.1 Å². The molecular formula is C20H25FN4O. The minimum absolute atomic E-state index is 0.0302. The lowest BCUT2D eigenvalue weighted by atomic mass is 9.98.